The van der Waals surface area contributed by atoms with Crippen LogP contribution in [0, 0.1) is 12.8 Å². The fraction of sp³-hybridized carbons (Fsp3) is 0.381. The van der Waals surface area contributed by atoms with Crippen LogP contribution >= 0.6 is 0 Å². The van der Waals surface area contributed by atoms with Crippen LogP contribution < -0.4 is 10.6 Å². The van der Waals surface area contributed by atoms with Crippen molar-refractivity contribution in [1.29, 1.82) is 0 Å². The zero-order chi connectivity index (χ0) is 20.2. The number of anilines is 1. The number of hydrogen-bond donors (Lipinski definition) is 2. The van der Waals surface area contributed by atoms with E-state index < -0.39 is 0 Å². The molecule has 152 valence electrons. The SMILES string of the molecule is Cc1ccn(-c2ccccc2NC(=O)NC[C@@H]2CCCO[C@H]2c2ccnn2C)n1. The zero-order valence-electron chi connectivity index (χ0n) is 16.7. The third-order valence-electron chi connectivity index (χ3n) is 5.24. The molecule has 4 rings (SSSR count). The van der Waals surface area contributed by atoms with Crippen LogP contribution in [-0.2, 0) is 11.8 Å². The van der Waals surface area contributed by atoms with Crippen LogP contribution in [0.5, 0.6) is 0 Å². The number of nitrogens with one attached hydrogen (secondary N) is 2. The third kappa shape index (κ3) is 4.32. The predicted octanol–water partition coefficient (Wildman–Crippen LogP) is 3.20. The Morgan fingerprint density at radius 2 is 2.14 bits per heavy atom. The molecule has 1 saturated heterocycles. The fourth-order valence-corrected chi connectivity index (χ4v) is 3.76. The fourth-order valence-electron chi connectivity index (χ4n) is 3.76. The van der Waals surface area contributed by atoms with Crippen molar-refractivity contribution < 1.29 is 9.53 Å². The van der Waals surface area contributed by atoms with Crippen molar-refractivity contribution in [3.8, 4) is 5.69 Å². The van der Waals surface area contributed by atoms with Crippen LogP contribution in [0.15, 0.2) is 48.8 Å². The van der Waals surface area contributed by atoms with E-state index in [1.165, 1.54) is 0 Å². The van der Waals surface area contributed by atoms with Crippen molar-refractivity contribution in [2.24, 2.45) is 13.0 Å². The summed E-state index contributed by atoms with van der Waals surface area (Å²) < 4.78 is 9.60. The van der Waals surface area contributed by atoms with E-state index in [0.29, 0.717) is 12.2 Å². The number of carbonyl (C=O) groups is 1. The monoisotopic (exact) mass is 394 g/mol. The quantitative estimate of drug-likeness (QED) is 0.696. The molecule has 8 heteroatoms. The number of benzene rings is 1. The summed E-state index contributed by atoms with van der Waals surface area (Å²) in [5.74, 6) is 0.203. The van der Waals surface area contributed by atoms with Gasteiger partial charge in [0, 0.05) is 38.5 Å². The minimum atomic E-state index is -0.240. The molecule has 2 amide bonds. The number of rotatable bonds is 5. The number of para-hydroxylation sites is 2. The summed E-state index contributed by atoms with van der Waals surface area (Å²) in [4.78, 5) is 12.6. The topological polar surface area (TPSA) is 86.0 Å². The van der Waals surface area contributed by atoms with Gasteiger partial charge in [-0.05, 0) is 44.0 Å². The van der Waals surface area contributed by atoms with Crippen molar-refractivity contribution in [2.75, 3.05) is 18.5 Å². The van der Waals surface area contributed by atoms with E-state index in [1.54, 1.807) is 10.9 Å². The Balaban J connectivity index is 1.41. The molecule has 0 bridgehead atoms. The first-order valence-corrected chi connectivity index (χ1v) is 9.88. The first-order chi connectivity index (χ1) is 14.1. The minimum Gasteiger partial charge on any atom is -0.372 e. The van der Waals surface area contributed by atoms with Crippen LogP contribution in [0.25, 0.3) is 5.69 Å². The lowest BCUT2D eigenvalue weighted by Crippen LogP contribution is -2.37. The molecule has 2 atom stereocenters. The molecule has 2 aromatic heterocycles. The van der Waals surface area contributed by atoms with E-state index in [1.807, 2.05) is 61.2 Å². The molecule has 1 aromatic carbocycles. The number of hydrogen-bond acceptors (Lipinski definition) is 4. The normalized spacial score (nSPS) is 19.1. The number of carbonyl (C=O) groups excluding carboxylic acids is 1. The first kappa shape index (κ1) is 19.2. The van der Waals surface area contributed by atoms with E-state index in [9.17, 15) is 4.79 Å². The molecule has 0 unspecified atom stereocenters. The molecular weight excluding hydrogens is 368 g/mol. The van der Waals surface area contributed by atoms with Crippen LogP contribution in [0.2, 0.25) is 0 Å². The standard InChI is InChI=1S/C21H26N6O2/c1-15-10-12-27(25-15)18-8-4-3-7-17(18)24-21(28)22-14-16-6-5-13-29-20(16)19-9-11-23-26(19)2/h3-4,7-12,16,20H,5-6,13-14H2,1-2H3,(H2,22,24,28)/t16-,20+/m0/s1. The zero-order valence-corrected chi connectivity index (χ0v) is 16.7. The Kier molecular flexibility index (Phi) is 5.62. The molecule has 3 heterocycles. The third-order valence-corrected chi connectivity index (χ3v) is 5.24. The summed E-state index contributed by atoms with van der Waals surface area (Å²) in [5.41, 5.74) is 3.49. The van der Waals surface area contributed by atoms with Gasteiger partial charge in [0.2, 0.25) is 0 Å². The summed E-state index contributed by atoms with van der Waals surface area (Å²) in [7, 11) is 1.92. The van der Waals surface area contributed by atoms with Crippen molar-refractivity contribution in [2.45, 2.75) is 25.9 Å². The lowest BCUT2D eigenvalue weighted by molar-refractivity contribution is -0.0313. The first-order valence-electron chi connectivity index (χ1n) is 9.88. The van der Waals surface area contributed by atoms with Crippen LogP contribution in [0.3, 0.4) is 0 Å². The smallest absolute Gasteiger partial charge is 0.319 e. The van der Waals surface area contributed by atoms with Gasteiger partial charge in [-0.1, -0.05) is 12.1 Å². The Morgan fingerprint density at radius 1 is 1.28 bits per heavy atom. The van der Waals surface area contributed by atoms with Crippen molar-refractivity contribution in [3.63, 3.8) is 0 Å². The molecule has 1 aliphatic rings. The van der Waals surface area contributed by atoms with Crippen LogP contribution in [0.4, 0.5) is 10.5 Å². The Hall–Kier alpha value is -3.13. The van der Waals surface area contributed by atoms with Gasteiger partial charge in [0.1, 0.15) is 6.10 Å². The molecule has 2 N–H and O–H groups in total. The van der Waals surface area contributed by atoms with Crippen molar-refractivity contribution in [3.05, 3.63) is 60.2 Å². The van der Waals surface area contributed by atoms with Gasteiger partial charge in [-0.15, -0.1) is 0 Å². The number of urea groups is 1. The van der Waals surface area contributed by atoms with E-state index in [0.717, 1.165) is 36.5 Å². The molecule has 0 aliphatic carbocycles. The lowest BCUT2D eigenvalue weighted by Gasteiger charge is -2.32. The van der Waals surface area contributed by atoms with Crippen LogP contribution in [-0.4, -0.2) is 38.7 Å². The maximum absolute atomic E-state index is 12.6. The molecule has 3 aromatic rings. The second kappa shape index (κ2) is 8.48. The average molecular weight is 394 g/mol. The number of amides is 2. The highest BCUT2D eigenvalue weighted by molar-refractivity contribution is 5.91. The maximum atomic E-state index is 12.6. The molecule has 0 saturated carbocycles. The molecule has 1 fully saturated rings. The average Bonchev–Trinajstić information content (AvgIpc) is 3.35. The largest absolute Gasteiger partial charge is 0.372 e. The second-order valence-corrected chi connectivity index (χ2v) is 7.33. The number of aromatic nitrogens is 4. The summed E-state index contributed by atoms with van der Waals surface area (Å²) >= 11 is 0. The van der Waals surface area contributed by atoms with Crippen molar-refractivity contribution in [1.82, 2.24) is 24.9 Å². The van der Waals surface area contributed by atoms with E-state index in [-0.39, 0.29) is 18.1 Å². The summed E-state index contributed by atoms with van der Waals surface area (Å²) in [6, 6.07) is 11.3. The number of aryl methyl sites for hydroxylation is 2. The highest BCUT2D eigenvalue weighted by atomic mass is 16.5. The molecule has 29 heavy (non-hydrogen) atoms. The summed E-state index contributed by atoms with van der Waals surface area (Å²) in [5, 5.41) is 14.6. The van der Waals surface area contributed by atoms with E-state index >= 15 is 0 Å². The Morgan fingerprint density at radius 3 is 2.90 bits per heavy atom. The van der Waals surface area contributed by atoms with Crippen LogP contribution in [0.1, 0.15) is 30.3 Å². The highest BCUT2D eigenvalue weighted by Gasteiger charge is 2.29. The summed E-state index contributed by atoms with van der Waals surface area (Å²) in [6.45, 7) is 3.20. The number of nitrogens with zero attached hydrogens (tertiary/aromatic N) is 4. The second-order valence-electron chi connectivity index (χ2n) is 7.33. The van der Waals surface area contributed by atoms with Gasteiger partial charge in [-0.3, -0.25) is 4.68 Å². The van der Waals surface area contributed by atoms with Gasteiger partial charge in [0.15, 0.2) is 0 Å². The van der Waals surface area contributed by atoms with E-state index in [4.69, 9.17) is 4.74 Å². The molecule has 1 aliphatic heterocycles. The maximum Gasteiger partial charge on any atom is 0.319 e. The molecular formula is C21H26N6O2. The minimum absolute atomic E-state index is 0.0594. The van der Waals surface area contributed by atoms with Gasteiger partial charge in [-0.2, -0.15) is 10.2 Å². The lowest BCUT2D eigenvalue weighted by atomic mass is 9.92. The Bertz CT molecular complexity index is 979. The van der Waals surface area contributed by atoms with E-state index in [2.05, 4.69) is 20.8 Å². The molecule has 0 spiro atoms. The van der Waals surface area contributed by atoms with Gasteiger partial charge < -0.3 is 15.4 Å². The molecule has 0 radical (unpaired) electrons. The Labute approximate surface area is 169 Å². The highest BCUT2D eigenvalue weighted by Crippen LogP contribution is 2.32. The predicted molar refractivity (Wildman–Crippen MR) is 110 cm³/mol. The van der Waals surface area contributed by atoms with Crippen molar-refractivity contribution >= 4 is 11.7 Å². The van der Waals surface area contributed by atoms with Gasteiger partial charge in [-0.25, -0.2) is 9.48 Å². The van der Waals surface area contributed by atoms with Gasteiger partial charge in [0.25, 0.3) is 0 Å². The number of ether oxygens (including phenoxy) is 1. The van der Waals surface area contributed by atoms with Gasteiger partial charge in [0.05, 0.1) is 22.8 Å². The summed E-state index contributed by atoms with van der Waals surface area (Å²) in [6.07, 6.45) is 5.59. The molecule has 8 nitrogen and oxygen atoms in total. The van der Waals surface area contributed by atoms with Gasteiger partial charge >= 0.3 is 6.03 Å².